The minimum atomic E-state index is -3.58. The molecular weight excluding hydrogens is 426 g/mol. The van der Waals surface area contributed by atoms with E-state index >= 15 is 0 Å². The summed E-state index contributed by atoms with van der Waals surface area (Å²) in [7, 11) is -2.06. The lowest BCUT2D eigenvalue weighted by Gasteiger charge is -2.19. The van der Waals surface area contributed by atoms with Crippen molar-refractivity contribution in [1.29, 1.82) is 0 Å². The van der Waals surface area contributed by atoms with Crippen LogP contribution in [0.1, 0.15) is 0 Å². The largest absolute Gasteiger partial charge is 0.360 e. The van der Waals surface area contributed by atoms with Crippen molar-refractivity contribution in [1.82, 2.24) is 0 Å². The Balaban J connectivity index is 2.23. The fraction of sp³-hybridized carbons (Fsp3) is 0.188. The van der Waals surface area contributed by atoms with Crippen LogP contribution in [0, 0.1) is 10.1 Å². The summed E-state index contributed by atoms with van der Waals surface area (Å²) in [5.74, 6) is -0.374. The van der Waals surface area contributed by atoms with Gasteiger partial charge in [-0.25, -0.2) is 8.42 Å². The summed E-state index contributed by atoms with van der Waals surface area (Å²) in [5, 5.41) is 14.0. The van der Waals surface area contributed by atoms with Gasteiger partial charge in [-0.1, -0.05) is 12.1 Å². The van der Waals surface area contributed by atoms with Crippen LogP contribution in [-0.4, -0.2) is 39.1 Å². The van der Waals surface area contributed by atoms with Crippen LogP contribution < -0.4 is 10.2 Å². The van der Waals surface area contributed by atoms with Gasteiger partial charge in [0.05, 0.1) is 22.1 Å². The van der Waals surface area contributed by atoms with E-state index in [9.17, 15) is 23.3 Å². The van der Waals surface area contributed by atoms with Crippen molar-refractivity contribution < 1.29 is 18.1 Å². The van der Waals surface area contributed by atoms with Gasteiger partial charge in [0, 0.05) is 23.8 Å². The van der Waals surface area contributed by atoms with Crippen molar-refractivity contribution >= 4 is 48.7 Å². The molecule has 0 spiro atoms. The van der Waals surface area contributed by atoms with Crippen molar-refractivity contribution in [3.8, 4) is 0 Å². The monoisotopic (exact) mass is 441 g/mol. The summed E-state index contributed by atoms with van der Waals surface area (Å²) in [4.78, 5) is 24.1. The summed E-state index contributed by atoms with van der Waals surface area (Å²) in [6, 6.07) is 10.6. The van der Waals surface area contributed by atoms with Crippen molar-refractivity contribution in [2.24, 2.45) is 0 Å². The first kappa shape index (κ1) is 19.9. The molecule has 8 nitrogen and oxygen atoms in total. The summed E-state index contributed by atoms with van der Waals surface area (Å²) in [6.07, 6.45) is 0.973. The van der Waals surface area contributed by atoms with Crippen LogP contribution in [-0.2, 0) is 14.6 Å². The second-order valence-electron chi connectivity index (χ2n) is 5.56. The Morgan fingerprint density at radius 3 is 2.50 bits per heavy atom. The van der Waals surface area contributed by atoms with Gasteiger partial charge in [0.25, 0.3) is 5.69 Å². The lowest BCUT2D eigenvalue weighted by atomic mass is 10.2. The number of nitro groups is 1. The van der Waals surface area contributed by atoms with E-state index in [0.29, 0.717) is 10.2 Å². The van der Waals surface area contributed by atoms with Crippen molar-refractivity contribution in [3.63, 3.8) is 0 Å². The molecule has 138 valence electrons. The number of anilines is 2. The Morgan fingerprint density at radius 2 is 1.92 bits per heavy atom. The standard InChI is InChI=1S/C16H16BrN3O5S/c1-19(10-16(21)18-13-6-4-3-5-12(13)17)14-8-7-11(26(2,24)25)9-15(14)20(22)23/h3-9H,10H2,1-2H3,(H,18,21). The van der Waals surface area contributed by atoms with Crippen LogP contribution in [0.25, 0.3) is 0 Å². The number of carbonyl (C=O) groups is 1. The van der Waals surface area contributed by atoms with E-state index < -0.39 is 14.8 Å². The normalized spacial score (nSPS) is 11.0. The van der Waals surface area contributed by atoms with Gasteiger partial charge in [-0.15, -0.1) is 0 Å². The van der Waals surface area contributed by atoms with Gasteiger partial charge in [0.2, 0.25) is 5.91 Å². The molecule has 0 saturated carbocycles. The van der Waals surface area contributed by atoms with Gasteiger partial charge < -0.3 is 10.2 Å². The Hall–Kier alpha value is -2.46. The highest BCUT2D eigenvalue weighted by Crippen LogP contribution is 2.30. The molecule has 0 saturated heterocycles. The molecule has 0 atom stereocenters. The lowest BCUT2D eigenvalue weighted by molar-refractivity contribution is -0.384. The predicted molar refractivity (Wildman–Crippen MR) is 102 cm³/mol. The van der Waals surface area contributed by atoms with Gasteiger partial charge in [-0.2, -0.15) is 0 Å². The molecule has 1 N–H and O–H groups in total. The summed E-state index contributed by atoms with van der Waals surface area (Å²) in [6.45, 7) is -0.152. The molecule has 0 radical (unpaired) electrons. The molecule has 0 fully saturated rings. The number of hydrogen-bond acceptors (Lipinski definition) is 6. The molecule has 26 heavy (non-hydrogen) atoms. The zero-order valence-electron chi connectivity index (χ0n) is 14.0. The molecule has 2 aromatic rings. The molecule has 2 rings (SSSR count). The molecule has 0 aliphatic rings. The predicted octanol–water partition coefficient (Wildman–Crippen LogP) is 2.84. The minimum Gasteiger partial charge on any atom is -0.360 e. The van der Waals surface area contributed by atoms with Crippen LogP contribution in [0.3, 0.4) is 0 Å². The number of likely N-dealkylation sites (N-methyl/N-ethyl adjacent to an activating group) is 1. The first-order valence-corrected chi connectivity index (χ1v) is 10.0. The molecule has 0 heterocycles. The summed E-state index contributed by atoms with van der Waals surface area (Å²) < 4.78 is 23.9. The number of hydrogen-bond donors (Lipinski definition) is 1. The number of nitrogens with one attached hydrogen (secondary N) is 1. The van der Waals surface area contributed by atoms with E-state index in [1.165, 1.54) is 24.1 Å². The maximum atomic E-state index is 12.2. The number of nitrogens with zero attached hydrogens (tertiary/aromatic N) is 2. The fourth-order valence-electron chi connectivity index (χ4n) is 2.26. The number of nitro benzene ring substituents is 1. The minimum absolute atomic E-state index is 0.143. The van der Waals surface area contributed by atoms with E-state index in [4.69, 9.17) is 0 Å². The van der Waals surface area contributed by atoms with Crippen LogP contribution in [0.15, 0.2) is 51.8 Å². The molecule has 0 bridgehead atoms. The maximum absolute atomic E-state index is 12.2. The SMILES string of the molecule is CN(CC(=O)Nc1ccccc1Br)c1ccc(S(C)(=O)=O)cc1[N+](=O)[O-]. The molecule has 1 amide bonds. The third-order valence-electron chi connectivity index (χ3n) is 3.51. The van der Waals surface area contributed by atoms with E-state index in [1.807, 2.05) is 0 Å². The number of rotatable bonds is 6. The van der Waals surface area contributed by atoms with Gasteiger partial charge in [0.1, 0.15) is 5.69 Å². The zero-order chi connectivity index (χ0) is 19.5. The molecule has 0 aromatic heterocycles. The Labute approximate surface area is 159 Å². The van der Waals surface area contributed by atoms with Crippen molar-refractivity contribution in [2.75, 3.05) is 30.1 Å². The van der Waals surface area contributed by atoms with E-state index in [2.05, 4.69) is 21.2 Å². The van der Waals surface area contributed by atoms with E-state index in [0.717, 1.165) is 12.3 Å². The number of carbonyl (C=O) groups excluding carboxylic acids is 1. The quantitative estimate of drug-likeness (QED) is 0.544. The zero-order valence-corrected chi connectivity index (χ0v) is 16.4. The maximum Gasteiger partial charge on any atom is 0.293 e. The first-order valence-electron chi connectivity index (χ1n) is 7.33. The van der Waals surface area contributed by atoms with Crippen LogP contribution in [0.2, 0.25) is 0 Å². The van der Waals surface area contributed by atoms with E-state index in [-0.39, 0.29) is 28.7 Å². The highest BCUT2D eigenvalue weighted by Gasteiger charge is 2.22. The average Bonchev–Trinajstić information content (AvgIpc) is 2.55. The molecule has 10 heteroatoms. The topological polar surface area (TPSA) is 110 Å². The molecule has 0 aliphatic heterocycles. The molecule has 0 aliphatic carbocycles. The molecular formula is C16H16BrN3O5S. The lowest BCUT2D eigenvalue weighted by Crippen LogP contribution is -2.30. The van der Waals surface area contributed by atoms with Gasteiger partial charge in [0.15, 0.2) is 9.84 Å². The van der Waals surface area contributed by atoms with Gasteiger partial charge in [-0.05, 0) is 40.2 Å². The number of para-hydroxylation sites is 1. The highest BCUT2D eigenvalue weighted by molar-refractivity contribution is 9.10. The molecule has 0 unspecified atom stereocenters. The van der Waals surface area contributed by atoms with Crippen LogP contribution >= 0.6 is 15.9 Å². The number of halogens is 1. The summed E-state index contributed by atoms with van der Waals surface area (Å²) >= 11 is 3.32. The smallest absolute Gasteiger partial charge is 0.293 e. The fourth-order valence-corrected chi connectivity index (χ4v) is 3.28. The number of sulfone groups is 1. The highest BCUT2D eigenvalue weighted by atomic mass is 79.9. The average molecular weight is 442 g/mol. The third kappa shape index (κ3) is 4.79. The van der Waals surface area contributed by atoms with Gasteiger partial charge >= 0.3 is 0 Å². The summed E-state index contributed by atoms with van der Waals surface area (Å²) in [5.41, 5.74) is 0.335. The molecule has 2 aromatic carbocycles. The second-order valence-corrected chi connectivity index (χ2v) is 8.43. The number of benzene rings is 2. The van der Waals surface area contributed by atoms with E-state index in [1.54, 1.807) is 24.3 Å². The second kappa shape index (κ2) is 7.83. The number of amides is 1. The van der Waals surface area contributed by atoms with Crippen LogP contribution in [0.5, 0.6) is 0 Å². The third-order valence-corrected chi connectivity index (χ3v) is 5.31. The Kier molecular flexibility index (Phi) is 5.98. The van der Waals surface area contributed by atoms with Gasteiger partial charge in [-0.3, -0.25) is 14.9 Å². The van der Waals surface area contributed by atoms with Crippen molar-refractivity contribution in [2.45, 2.75) is 4.90 Å². The Morgan fingerprint density at radius 1 is 1.27 bits per heavy atom. The first-order chi connectivity index (χ1) is 12.1. The van der Waals surface area contributed by atoms with Crippen LogP contribution in [0.4, 0.5) is 17.1 Å². The van der Waals surface area contributed by atoms with Crippen molar-refractivity contribution in [3.05, 3.63) is 57.1 Å². The Bertz CT molecular complexity index is 962.